The molecule has 0 spiro atoms. The first-order chi connectivity index (χ1) is 16.4. The highest BCUT2D eigenvalue weighted by Crippen LogP contribution is 2.23. The van der Waals surface area contributed by atoms with Crippen molar-refractivity contribution in [3.8, 4) is 0 Å². The SMILES string of the molecule is CC[C@H](C)NC(=O)[C@@H](C)N(Cc1cccc(Br)c1)C(=O)CCCN(c1ccccc1C)S(C)(=O)=O. The van der Waals surface area contributed by atoms with Crippen molar-refractivity contribution in [2.24, 2.45) is 0 Å². The van der Waals surface area contributed by atoms with Crippen LogP contribution in [0.4, 0.5) is 5.69 Å². The number of nitrogens with one attached hydrogen (secondary N) is 1. The van der Waals surface area contributed by atoms with E-state index in [1.807, 2.05) is 57.2 Å². The fourth-order valence-corrected chi connectivity index (χ4v) is 5.18. The van der Waals surface area contributed by atoms with E-state index < -0.39 is 16.1 Å². The number of hydrogen-bond donors (Lipinski definition) is 1. The maximum atomic E-state index is 13.3. The van der Waals surface area contributed by atoms with Crippen LogP contribution < -0.4 is 9.62 Å². The second-order valence-electron chi connectivity index (χ2n) is 8.87. The third-order valence-electron chi connectivity index (χ3n) is 5.95. The number of aryl methyl sites for hydroxylation is 1. The zero-order valence-corrected chi connectivity index (χ0v) is 23.5. The zero-order valence-electron chi connectivity index (χ0n) is 21.1. The maximum Gasteiger partial charge on any atom is 0.242 e. The molecule has 0 saturated carbocycles. The van der Waals surface area contributed by atoms with Crippen molar-refractivity contribution < 1.29 is 18.0 Å². The molecule has 0 aliphatic heterocycles. The quantitative estimate of drug-likeness (QED) is 0.406. The molecule has 9 heteroatoms. The standard InChI is InChI=1S/C26H36BrN3O4S/c1-6-20(3)28-26(32)21(4)29(18-22-12-9-13-23(27)17-22)25(31)15-10-16-30(35(5,33)34)24-14-8-7-11-19(24)2/h7-9,11-14,17,20-21H,6,10,15-16,18H2,1-5H3,(H,28,32)/t20-,21+/m0/s1. The van der Waals surface area contributed by atoms with Gasteiger partial charge in [0.15, 0.2) is 0 Å². The van der Waals surface area contributed by atoms with Gasteiger partial charge in [-0.05, 0) is 62.9 Å². The fourth-order valence-electron chi connectivity index (χ4n) is 3.71. The summed E-state index contributed by atoms with van der Waals surface area (Å²) in [7, 11) is -3.52. The van der Waals surface area contributed by atoms with Crippen LogP contribution >= 0.6 is 15.9 Å². The smallest absolute Gasteiger partial charge is 0.242 e. The summed E-state index contributed by atoms with van der Waals surface area (Å²) in [6.07, 6.45) is 2.40. The highest BCUT2D eigenvalue weighted by Gasteiger charge is 2.27. The van der Waals surface area contributed by atoms with Crippen LogP contribution in [0, 0.1) is 6.92 Å². The Bertz CT molecular complexity index is 1120. The Kier molecular flexibility index (Phi) is 10.8. The molecule has 0 fully saturated rings. The Labute approximate surface area is 218 Å². The van der Waals surface area contributed by atoms with Crippen molar-refractivity contribution in [2.45, 2.75) is 65.6 Å². The van der Waals surface area contributed by atoms with E-state index in [-0.39, 0.29) is 37.4 Å². The van der Waals surface area contributed by atoms with E-state index in [0.717, 1.165) is 22.0 Å². The highest BCUT2D eigenvalue weighted by molar-refractivity contribution is 9.10. The first kappa shape index (κ1) is 28.8. The van der Waals surface area contributed by atoms with Crippen LogP contribution in [-0.4, -0.2) is 50.0 Å². The number of sulfonamides is 1. The van der Waals surface area contributed by atoms with E-state index in [1.54, 1.807) is 24.0 Å². The number of anilines is 1. The topological polar surface area (TPSA) is 86.8 Å². The molecular formula is C26H36BrN3O4S. The molecule has 0 unspecified atom stereocenters. The number of carbonyl (C=O) groups excluding carboxylic acids is 2. The predicted octanol–water partition coefficient (Wildman–Crippen LogP) is 4.64. The molecule has 2 aromatic carbocycles. The van der Waals surface area contributed by atoms with Gasteiger partial charge in [-0.15, -0.1) is 0 Å². The van der Waals surface area contributed by atoms with E-state index in [1.165, 1.54) is 10.6 Å². The summed E-state index contributed by atoms with van der Waals surface area (Å²) < 4.78 is 27.2. The third-order valence-corrected chi connectivity index (χ3v) is 7.62. The number of amides is 2. The van der Waals surface area contributed by atoms with Gasteiger partial charge in [0.2, 0.25) is 21.8 Å². The lowest BCUT2D eigenvalue weighted by Crippen LogP contribution is -2.49. The molecule has 35 heavy (non-hydrogen) atoms. The zero-order chi connectivity index (χ0) is 26.2. The van der Waals surface area contributed by atoms with E-state index in [9.17, 15) is 18.0 Å². The van der Waals surface area contributed by atoms with E-state index >= 15 is 0 Å². The molecule has 7 nitrogen and oxygen atoms in total. The van der Waals surface area contributed by atoms with Gasteiger partial charge in [-0.2, -0.15) is 0 Å². The van der Waals surface area contributed by atoms with Gasteiger partial charge in [0, 0.05) is 30.0 Å². The predicted molar refractivity (Wildman–Crippen MR) is 145 cm³/mol. The first-order valence-corrected chi connectivity index (χ1v) is 14.5. The Hall–Kier alpha value is -2.39. The molecule has 1 N–H and O–H groups in total. The minimum atomic E-state index is -3.52. The molecule has 0 aliphatic rings. The van der Waals surface area contributed by atoms with Crippen molar-refractivity contribution in [3.63, 3.8) is 0 Å². The van der Waals surface area contributed by atoms with Crippen LogP contribution in [0.5, 0.6) is 0 Å². The van der Waals surface area contributed by atoms with Crippen LogP contribution in [0.25, 0.3) is 0 Å². The van der Waals surface area contributed by atoms with Gasteiger partial charge in [0.05, 0.1) is 11.9 Å². The second-order valence-corrected chi connectivity index (χ2v) is 11.7. The first-order valence-electron chi connectivity index (χ1n) is 11.8. The van der Waals surface area contributed by atoms with Gasteiger partial charge in [-0.1, -0.05) is 53.2 Å². The summed E-state index contributed by atoms with van der Waals surface area (Å²) in [6.45, 7) is 7.95. The molecule has 0 bridgehead atoms. The number of hydrogen-bond acceptors (Lipinski definition) is 4. The summed E-state index contributed by atoms with van der Waals surface area (Å²) in [5.74, 6) is -0.407. The average molecular weight is 567 g/mol. The Morgan fingerprint density at radius 3 is 2.37 bits per heavy atom. The van der Waals surface area contributed by atoms with Gasteiger partial charge in [-0.25, -0.2) is 8.42 Å². The summed E-state index contributed by atoms with van der Waals surface area (Å²) in [6, 6.07) is 14.2. The lowest BCUT2D eigenvalue weighted by molar-refractivity contribution is -0.140. The number of carbonyl (C=O) groups is 2. The molecule has 2 rings (SSSR count). The minimum absolute atomic E-state index is 0.00482. The van der Waals surface area contributed by atoms with Crippen LogP contribution in [0.15, 0.2) is 53.0 Å². The second kappa shape index (κ2) is 13.1. The van der Waals surface area contributed by atoms with Gasteiger partial charge in [0.1, 0.15) is 6.04 Å². The number of nitrogens with zero attached hydrogens (tertiary/aromatic N) is 2. The fraction of sp³-hybridized carbons (Fsp3) is 0.462. The molecule has 0 heterocycles. The van der Waals surface area contributed by atoms with Crippen LogP contribution in [0.1, 0.15) is 51.2 Å². The van der Waals surface area contributed by atoms with E-state index in [2.05, 4.69) is 21.2 Å². The van der Waals surface area contributed by atoms with Crippen molar-refractivity contribution in [1.29, 1.82) is 0 Å². The minimum Gasteiger partial charge on any atom is -0.352 e. The largest absolute Gasteiger partial charge is 0.352 e. The number of rotatable bonds is 12. The van der Waals surface area contributed by atoms with Crippen LogP contribution in [0.2, 0.25) is 0 Å². The number of para-hydroxylation sites is 1. The molecule has 0 saturated heterocycles. The lowest BCUT2D eigenvalue weighted by atomic mass is 10.1. The average Bonchev–Trinajstić information content (AvgIpc) is 2.79. The molecular weight excluding hydrogens is 530 g/mol. The monoisotopic (exact) mass is 565 g/mol. The third kappa shape index (κ3) is 8.65. The molecule has 2 atom stereocenters. The lowest BCUT2D eigenvalue weighted by Gasteiger charge is -2.30. The summed E-state index contributed by atoms with van der Waals surface area (Å²) in [4.78, 5) is 27.8. The van der Waals surface area contributed by atoms with E-state index in [4.69, 9.17) is 0 Å². The van der Waals surface area contributed by atoms with Crippen molar-refractivity contribution in [2.75, 3.05) is 17.1 Å². The van der Waals surface area contributed by atoms with Gasteiger partial charge in [0.25, 0.3) is 0 Å². The summed E-state index contributed by atoms with van der Waals surface area (Å²) in [5.41, 5.74) is 2.35. The Balaban J connectivity index is 2.18. The van der Waals surface area contributed by atoms with Crippen molar-refractivity contribution in [1.82, 2.24) is 10.2 Å². The van der Waals surface area contributed by atoms with Crippen molar-refractivity contribution in [3.05, 3.63) is 64.1 Å². The Morgan fingerprint density at radius 1 is 1.09 bits per heavy atom. The highest BCUT2D eigenvalue weighted by atomic mass is 79.9. The molecule has 2 aromatic rings. The number of halogens is 1. The van der Waals surface area contributed by atoms with Gasteiger partial charge < -0.3 is 10.2 Å². The summed E-state index contributed by atoms with van der Waals surface area (Å²) in [5, 5.41) is 2.95. The van der Waals surface area contributed by atoms with Crippen LogP contribution in [0.3, 0.4) is 0 Å². The van der Waals surface area contributed by atoms with Crippen molar-refractivity contribution >= 4 is 43.5 Å². The maximum absolute atomic E-state index is 13.3. The molecule has 0 aliphatic carbocycles. The summed E-state index contributed by atoms with van der Waals surface area (Å²) >= 11 is 3.46. The molecule has 0 aromatic heterocycles. The molecule has 0 radical (unpaired) electrons. The Morgan fingerprint density at radius 2 is 1.77 bits per heavy atom. The molecule has 192 valence electrons. The number of benzene rings is 2. The van der Waals surface area contributed by atoms with Gasteiger partial charge in [-0.3, -0.25) is 13.9 Å². The van der Waals surface area contributed by atoms with Gasteiger partial charge >= 0.3 is 0 Å². The van der Waals surface area contributed by atoms with E-state index in [0.29, 0.717) is 12.1 Å². The van der Waals surface area contributed by atoms with Crippen LogP contribution in [-0.2, 0) is 26.2 Å². The normalized spacial score (nSPS) is 13.1. The molecule has 2 amide bonds.